The first-order valence-electron chi connectivity index (χ1n) is 5.58. The summed E-state index contributed by atoms with van der Waals surface area (Å²) in [5.41, 5.74) is 0. The number of nitrogens with zero attached hydrogens (tertiary/aromatic N) is 2. The second kappa shape index (κ2) is 5.23. The number of hydrogen-bond acceptors (Lipinski definition) is 4. The summed E-state index contributed by atoms with van der Waals surface area (Å²) < 4.78 is 24.6. The Hall–Kier alpha value is -1.15. The quantitative estimate of drug-likeness (QED) is 0.739. The normalized spacial score (nSPS) is 26.1. The van der Waals surface area contributed by atoms with E-state index in [4.69, 9.17) is 5.11 Å². The maximum absolute atomic E-state index is 11.7. The van der Waals surface area contributed by atoms with Gasteiger partial charge >= 0.3 is 5.97 Å². The molecule has 2 atom stereocenters. The van der Waals surface area contributed by atoms with Crippen molar-refractivity contribution < 1.29 is 23.1 Å². The number of rotatable bonds is 3. The van der Waals surface area contributed by atoms with E-state index in [2.05, 4.69) is 0 Å². The highest BCUT2D eigenvalue weighted by atomic mass is 32.2. The Morgan fingerprint density at radius 2 is 1.89 bits per heavy atom. The molecule has 1 aliphatic rings. The van der Waals surface area contributed by atoms with Gasteiger partial charge in [-0.15, -0.1) is 0 Å². The second-order valence-corrected chi connectivity index (χ2v) is 6.51. The molecule has 0 aromatic carbocycles. The predicted octanol–water partition coefficient (Wildman–Crippen LogP) is -0.658. The van der Waals surface area contributed by atoms with Gasteiger partial charge in [-0.2, -0.15) is 4.31 Å². The van der Waals surface area contributed by atoms with Gasteiger partial charge in [-0.1, -0.05) is 0 Å². The van der Waals surface area contributed by atoms with Gasteiger partial charge in [0.15, 0.2) is 0 Å². The van der Waals surface area contributed by atoms with Crippen molar-refractivity contribution in [3.05, 3.63) is 0 Å². The fourth-order valence-electron chi connectivity index (χ4n) is 2.38. The van der Waals surface area contributed by atoms with Gasteiger partial charge in [-0.05, 0) is 6.92 Å². The van der Waals surface area contributed by atoms with E-state index in [0.29, 0.717) is 6.54 Å². The smallest absolute Gasteiger partial charge is 0.305 e. The number of carboxylic acids is 1. The molecule has 0 radical (unpaired) electrons. The third kappa shape index (κ3) is 3.42. The zero-order chi connectivity index (χ0) is 14.1. The van der Waals surface area contributed by atoms with Gasteiger partial charge in [0, 0.05) is 26.1 Å². The summed E-state index contributed by atoms with van der Waals surface area (Å²) in [5.74, 6) is -1.25. The molecule has 1 aliphatic heterocycles. The molecule has 0 bridgehead atoms. The monoisotopic (exact) mass is 278 g/mol. The van der Waals surface area contributed by atoms with Crippen LogP contribution < -0.4 is 0 Å². The first kappa shape index (κ1) is 14.9. The SMILES string of the molecule is CC(=O)N1C[C@@H](CC(=O)O)N(S(C)(=O)=O)[C@@H](C)C1. The van der Waals surface area contributed by atoms with Gasteiger partial charge in [-0.3, -0.25) is 9.59 Å². The number of amides is 1. The third-order valence-electron chi connectivity index (χ3n) is 2.95. The first-order chi connectivity index (χ1) is 8.12. The summed E-state index contributed by atoms with van der Waals surface area (Å²) in [6.45, 7) is 3.48. The van der Waals surface area contributed by atoms with E-state index in [-0.39, 0.29) is 18.9 Å². The van der Waals surface area contributed by atoms with Gasteiger partial charge in [0.25, 0.3) is 0 Å². The topological polar surface area (TPSA) is 95.0 Å². The average molecular weight is 278 g/mol. The molecule has 0 unspecified atom stereocenters. The van der Waals surface area contributed by atoms with Crippen LogP contribution in [0.2, 0.25) is 0 Å². The van der Waals surface area contributed by atoms with Gasteiger partial charge in [0.1, 0.15) is 0 Å². The van der Waals surface area contributed by atoms with Crippen molar-refractivity contribution in [2.24, 2.45) is 0 Å². The van der Waals surface area contributed by atoms with Gasteiger partial charge in [0.05, 0.1) is 18.7 Å². The van der Waals surface area contributed by atoms with E-state index in [1.54, 1.807) is 6.92 Å². The molecule has 1 amide bonds. The predicted molar refractivity (Wildman–Crippen MR) is 64.4 cm³/mol. The van der Waals surface area contributed by atoms with Crippen molar-refractivity contribution in [1.82, 2.24) is 9.21 Å². The van der Waals surface area contributed by atoms with Crippen LogP contribution in [0.3, 0.4) is 0 Å². The van der Waals surface area contributed by atoms with Crippen molar-refractivity contribution in [2.75, 3.05) is 19.3 Å². The number of piperazine rings is 1. The Bertz CT molecular complexity index is 447. The van der Waals surface area contributed by atoms with Gasteiger partial charge in [0.2, 0.25) is 15.9 Å². The molecule has 0 aliphatic carbocycles. The molecular formula is C10H18N2O5S. The summed E-state index contributed by atoms with van der Waals surface area (Å²) in [4.78, 5) is 23.6. The Kier molecular flexibility index (Phi) is 4.33. The number of sulfonamides is 1. The number of carboxylic acid groups (broad SMARTS) is 1. The van der Waals surface area contributed by atoms with Gasteiger partial charge in [-0.25, -0.2) is 8.42 Å². The molecular weight excluding hydrogens is 260 g/mol. The Morgan fingerprint density at radius 1 is 1.33 bits per heavy atom. The summed E-state index contributed by atoms with van der Waals surface area (Å²) >= 11 is 0. The van der Waals surface area contributed by atoms with Crippen LogP contribution in [0, 0.1) is 0 Å². The maximum Gasteiger partial charge on any atom is 0.305 e. The summed E-state index contributed by atoms with van der Waals surface area (Å²) in [5, 5.41) is 8.84. The first-order valence-corrected chi connectivity index (χ1v) is 7.43. The zero-order valence-corrected chi connectivity index (χ0v) is 11.5. The van der Waals surface area contributed by atoms with Crippen LogP contribution in [0.4, 0.5) is 0 Å². The van der Waals surface area contributed by atoms with Crippen LogP contribution in [0.25, 0.3) is 0 Å². The molecule has 0 spiro atoms. The van der Waals surface area contributed by atoms with Crippen molar-refractivity contribution in [3.8, 4) is 0 Å². The minimum atomic E-state index is -3.49. The van der Waals surface area contributed by atoms with E-state index < -0.39 is 28.1 Å². The Labute approximate surface area is 106 Å². The van der Waals surface area contributed by atoms with Crippen LogP contribution in [0.15, 0.2) is 0 Å². The lowest BCUT2D eigenvalue weighted by Gasteiger charge is -2.43. The van der Waals surface area contributed by atoms with Crippen LogP contribution in [-0.4, -0.2) is 66.0 Å². The molecule has 1 N–H and O–H groups in total. The average Bonchev–Trinajstić information content (AvgIpc) is 2.12. The highest BCUT2D eigenvalue weighted by Crippen LogP contribution is 2.21. The molecule has 1 saturated heterocycles. The maximum atomic E-state index is 11.7. The lowest BCUT2D eigenvalue weighted by molar-refractivity contribution is -0.140. The highest BCUT2D eigenvalue weighted by molar-refractivity contribution is 7.88. The molecule has 0 aromatic rings. The molecule has 0 aromatic heterocycles. The van der Waals surface area contributed by atoms with E-state index in [9.17, 15) is 18.0 Å². The molecule has 18 heavy (non-hydrogen) atoms. The molecule has 8 heteroatoms. The van der Waals surface area contributed by atoms with Crippen molar-refractivity contribution >= 4 is 21.9 Å². The molecule has 7 nitrogen and oxygen atoms in total. The van der Waals surface area contributed by atoms with E-state index >= 15 is 0 Å². The fourth-order valence-corrected chi connectivity index (χ4v) is 3.78. The van der Waals surface area contributed by atoms with E-state index in [0.717, 1.165) is 6.26 Å². The second-order valence-electron chi connectivity index (χ2n) is 4.62. The molecule has 0 saturated carbocycles. The minimum Gasteiger partial charge on any atom is -0.481 e. The number of aliphatic carboxylic acids is 1. The minimum absolute atomic E-state index is 0.124. The van der Waals surface area contributed by atoms with E-state index in [1.165, 1.54) is 16.1 Å². The molecule has 1 fully saturated rings. The zero-order valence-electron chi connectivity index (χ0n) is 10.7. The molecule has 1 heterocycles. The van der Waals surface area contributed by atoms with Gasteiger partial charge < -0.3 is 10.0 Å². The fraction of sp³-hybridized carbons (Fsp3) is 0.800. The highest BCUT2D eigenvalue weighted by Gasteiger charge is 2.39. The van der Waals surface area contributed by atoms with E-state index in [1.807, 2.05) is 0 Å². The summed E-state index contributed by atoms with van der Waals surface area (Å²) in [6, 6.07) is -1.12. The van der Waals surface area contributed by atoms with Crippen LogP contribution in [0.5, 0.6) is 0 Å². The van der Waals surface area contributed by atoms with Crippen molar-refractivity contribution in [1.29, 1.82) is 0 Å². The lowest BCUT2D eigenvalue weighted by atomic mass is 10.1. The molecule has 1 rings (SSSR count). The van der Waals surface area contributed by atoms with Crippen molar-refractivity contribution in [3.63, 3.8) is 0 Å². The standard InChI is InChI=1S/C10H18N2O5S/c1-7-5-11(8(2)13)6-9(4-10(14)15)12(7)18(3,16)17/h7,9H,4-6H2,1-3H3,(H,14,15)/t7-,9+/m0/s1. The lowest BCUT2D eigenvalue weighted by Crippen LogP contribution is -2.60. The van der Waals surface area contributed by atoms with Crippen LogP contribution in [0.1, 0.15) is 20.3 Å². The molecule has 104 valence electrons. The third-order valence-corrected chi connectivity index (χ3v) is 4.37. The number of carbonyl (C=O) groups excluding carboxylic acids is 1. The van der Waals surface area contributed by atoms with Crippen molar-refractivity contribution in [2.45, 2.75) is 32.4 Å². The number of hydrogen-bond donors (Lipinski definition) is 1. The summed E-state index contributed by atoms with van der Waals surface area (Å²) in [7, 11) is -3.49. The largest absolute Gasteiger partial charge is 0.481 e. The van der Waals surface area contributed by atoms with Crippen LogP contribution in [-0.2, 0) is 19.6 Å². The Morgan fingerprint density at radius 3 is 2.28 bits per heavy atom. The number of carbonyl (C=O) groups is 2. The van der Waals surface area contributed by atoms with Crippen LogP contribution >= 0.6 is 0 Å². The summed E-state index contributed by atoms with van der Waals surface area (Å²) in [6.07, 6.45) is 0.753. The Balaban J connectivity index is 3.01.